The van der Waals surface area contributed by atoms with Gasteiger partial charge in [0.25, 0.3) is 0 Å². The molecule has 3 rings (SSSR count). The lowest BCUT2D eigenvalue weighted by Crippen LogP contribution is -2.36. The zero-order valence-electron chi connectivity index (χ0n) is 10.8. The van der Waals surface area contributed by atoms with Gasteiger partial charge < -0.3 is 5.32 Å². The first kappa shape index (κ1) is 12.0. The summed E-state index contributed by atoms with van der Waals surface area (Å²) < 4.78 is 0. The lowest BCUT2D eigenvalue weighted by atomic mass is 10.0. The average molecular weight is 264 g/mol. The molecule has 0 spiro atoms. The maximum Gasteiger partial charge on any atom is 0.224 e. The highest BCUT2D eigenvalue weighted by Crippen LogP contribution is 2.53. The molecule has 0 saturated heterocycles. The number of rotatable bonds is 3. The highest BCUT2D eigenvalue weighted by molar-refractivity contribution is 6.30. The Bertz CT molecular complexity index is 505. The van der Waals surface area contributed by atoms with Crippen LogP contribution in [-0.4, -0.2) is 5.91 Å². The smallest absolute Gasteiger partial charge is 0.224 e. The number of benzene rings is 1. The van der Waals surface area contributed by atoms with Crippen LogP contribution in [0.3, 0.4) is 0 Å². The summed E-state index contributed by atoms with van der Waals surface area (Å²) >= 11 is 6.02. The second-order valence-electron chi connectivity index (χ2n) is 6.33. The minimum Gasteiger partial charge on any atom is -0.346 e. The van der Waals surface area contributed by atoms with Gasteiger partial charge in [-0.1, -0.05) is 37.6 Å². The summed E-state index contributed by atoms with van der Waals surface area (Å²) in [6.45, 7) is 4.30. The normalized spacial score (nSPS) is 26.5. The molecule has 1 unspecified atom stereocenters. The third-order valence-electron chi connectivity index (χ3n) is 4.32. The number of hydrogen-bond donors (Lipinski definition) is 1. The van der Waals surface area contributed by atoms with E-state index in [2.05, 4.69) is 25.2 Å². The van der Waals surface area contributed by atoms with Crippen molar-refractivity contribution >= 4 is 17.5 Å². The molecule has 2 aliphatic rings. The number of carbonyl (C=O) groups is 1. The maximum absolute atomic E-state index is 12.2. The molecule has 2 saturated carbocycles. The molecule has 0 heterocycles. The van der Waals surface area contributed by atoms with E-state index < -0.39 is 0 Å². The first-order chi connectivity index (χ1) is 8.43. The molecule has 1 amide bonds. The van der Waals surface area contributed by atoms with Crippen molar-refractivity contribution in [3.63, 3.8) is 0 Å². The topological polar surface area (TPSA) is 29.1 Å². The van der Waals surface area contributed by atoms with Gasteiger partial charge in [-0.25, -0.2) is 0 Å². The molecule has 2 aliphatic carbocycles. The predicted molar refractivity (Wildman–Crippen MR) is 72.4 cm³/mol. The summed E-state index contributed by atoms with van der Waals surface area (Å²) in [6, 6.07) is 7.84. The molecule has 0 bridgehead atoms. The Balaban J connectivity index is 1.74. The second-order valence-corrected chi connectivity index (χ2v) is 6.76. The average Bonchev–Trinajstić information content (AvgIpc) is 3.17. The Labute approximate surface area is 113 Å². The molecular weight excluding hydrogens is 246 g/mol. The van der Waals surface area contributed by atoms with Crippen molar-refractivity contribution < 1.29 is 4.79 Å². The molecule has 1 aromatic carbocycles. The van der Waals surface area contributed by atoms with Gasteiger partial charge in [0.1, 0.15) is 0 Å². The number of nitrogens with one attached hydrogen (secondary N) is 1. The Morgan fingerprint density at radius 3 is 2.56 bits per heavy atom. The van der Waals surface area contributed by atoms with E-state index in [0.29, 0.717) is 0 Å². The van der Waals surface area contributed by atoms with E-state index in [9.17, 15) is 4.79 Å². The second kappa shape index (κ2) is 3.74. The largest absolute Gasteiger partial charge is 0.346 e. The number of hydrogen-bond acceptors (Lipinski definition) is 1. The van der Waals surface area contributed by atoms with Gasteiger partial charge in [0.2, 0.25) is 5.91 Å². The molecule has 96 valence electrons. The molecule has 3 heteroatoms. The minimum atomic E-state index is -0.138. The Hall–Kier alpha value is -1.02. The van der Waals surface area contributed by atoms with Crippen molar-refractivity contribution in [3.8, 4) is 0 Å². The third kappa shape index (κ3) is 2.03. The summed E-state index contributed by atoms with van der Waals surface area (Å²) in [5, 5.41) is 3.97. The highest BCUT2D eigenvalue weighted by atomic mass is 35.5. The fourth-order valence-corrected chi connectivity index (χ4v) is 2.82. The quantitative estimate of drug-likeness (QED) is 0.889. The molecule has 18 heavy (non-hydrogen) atoms. The summed E-state index contributed by atoms with van der Waals surface area (Å²) in [6.07, 6.45) is 3.04. The Kier molecular flexibility index (Phi) is 2.50. The summed E-state index contributed by atoms with van der Waals surface area (Å²) in [5.74, 6) is 0.395. The number of halogens is 1. The van der Waals surface area contributed by atoms with Gasteiger partial charge in [0.05, 0.1) is 5.54 Å². The van der Waals surface area contributed by atoms with Gasteiger partial charge in [0.15, 0.2) is 0 Å². The molecule has 0 aliphatic heterocycles. The van der Waals surface area contributed by atoms with Crippen LogP contribution in [0.1, 0.15) is 38.7 Å². The van der Waals surface area contributed by atoms with Crippen LogP contribution in [0.5, 0.6) is 0 Å². The van der Waals surface area contributed by atoms with Gasteiger partial charge in [-0.05, 0) is 42.4 Å². The van der Waals surface area contributed by atoms with Gasteiger partial charge >= 0.3 is 0 Å². The van der Waals surface area contributed by atoms with Crippen molar-refractivity contribution in [2.75, 3.05) is 0 Å². The fraction of sp³-hybridized carbons (Fsp3) is 0.533. The highest BCUT2D eigenvalue weighted by Gasteiger charge is 2.54. The van der Waals surface area contributed by atoms with E-state index in [-0.39, 0.29) is 22.8 Å². The van der Waals surface area contributed by atoms with Crippen molar-refractivity contribution in [1.29, 1.82) is 0 Å². The lowest BCUT2D eigenvalue weighted by Gasteiger charge is -2.19. The van der Waals surface area contributed by atoms with Crippen LogP contribution in [0.15, 0.2) is 24.3 Å². The molecule has 1 aromatic rings. The fourth-order valence-electron chi connectivity index (χ4n) is 2.63. The monoisotopic (exact) mass is 263 g/mol. The molecule has 2 fully saturated rings. The van der Waals surface area contributed by atoms with E-state index in [4.69, 9.17) is 11.6 Å². The van der Waals surface area contributed by atoms with E-state index >= 15 is 0 Å². The zero-order valence-corrected chi connectivity index (χ0v) is 11.6. The summed E-state index contributed by atoms with van der Waals surface area (Å²) in [5.41, 5.74) is 1.19. The Morgan fingerprint density at radius 2 is 2.06 bits per heavy atom. The molecule has 1 N–H and O–H groups in total. The van der Waals surface area contributed by atoms with Crippen LogP contribution in [0.4, 0.5) is 0 Å². The summed E-state index contributed by atoms with van der Waals surface area (Å²) in [7, 11) is 0. The van der Waals surface area contributed by atoms with Gasteiger partial charge in [-0.3, -0.25) is 4.79 Å². The SMILES string of the molecule is CC1(C)CC1C(=O)NC1(c2cccc(Cl)c2)CC1. The molecule has 0 radical (unpaired) electrons. The first-order valence-corrected chi connectivity index (χ1v) is 6.89. The van der Waals surface area contributed by atoms with Crippen molar-refractivity contribution in [2.24, 2.45) is 11.3 Å². The molecule has 1 atom stereocenters. The van der Waals surface area contributed by atoms with Crippen LogP contribution < -0.4 is 5.32 Å². The minimum absolute atomic E-state index is 0.138. The summed E-state index contributed by atoms with van der Waals surface area (Å²) in [4.78, 5) is 12.2. The third-order valence-corrected chi connectivity index (χ3v) is 4.55. The van der Waals surface area contributed by atoms with Crippen molar-refractivity contribution in [2.45, 2.75) is 38.6 Å². The standard InChI is InChI=1S/C15H18ClNO/c1-14(2)9-12(14)13(18)17-15(6-7-15)10-4-3-5-11(16)8-10/h3-5,8,12H,6-7,9H2,1-2H3,(H,17,18). The zero-order chi connectivity index (χ0) is 13.0. The maximum atomic E-state index is 12.2. The molecule has 0 aromatic heterocycles. The number of amides is 1. The van der Waals surface area contributed by atoms with E-state index in [1.165, 1.54) is 0 Å². The predicted octanol–water partition coefficient (Wildman–Crippen LogP) is 3.49. The number of carbonyl (C=O) groups excluding carboxylic acids is 1. The van der Waals surface area contributed by atoms with Crippen molar-refractivity contribution in [3.05, 3.63) is 34.9 Å². The van der Waals surface area contributed by atoms with E-state index in [1.54, 1.807) is 0 Å². The van der Waals surface area contributed by atoms with E-state index in [0.717, 1.165) is 29.8 Å². The van der Waals surface area contributed by atoms with Gasteiger partial charge in [-0.2, -0.15) is 0 Å². The first-order valence-electron chi connectivity index (χ1n) is 6.51. The van der Waals surface area contributed by atoms with Gasteiger partial charge in [0, 0.05) is 10.9 Å². The van der Waals surface area contributed by atoms with Crippen LogP contribution in [0.25, 0.3) is 0 Å². The lowest BCUT2D eigenvalue weighted by molar-refractivity contribution is -0.124. The molecule has 2 nitrogen and oxygen atoms in total. The van der Waals surface area contributed by atoms with Crippen molar-refractivity contribution in [1.82, 2.24) is 5.32 Å². The molecular formula is C15H18ClNO. The van der Waals surface area contributed by atoms with Crippen LogP contribution >= 0.6 is 11.6 Å². The van der Waals surface area contributed by atoms with Gasteiger partial charge in [-0.15, -0.1) is 0 Å². The van der Waals surface area contributed by atoms with Crippen LogP contribution in [0, 0.1) is 11.3 Å². The van der Waals surface area contributed by atoms with E-state index in [1.807, 2.05) is 18.2 Å². The van der Waals surface area contributed by atoms with Crippen LogP contribution in [-0.2, 0) is 10.3 Å². The van der Waals surface area contributed by atoms with Crippen LogP contribution in [0.2, 0.25) is 5.02 Å². The Morgan fingerprint density at radius 1 is 1.39 bits per heavy atom.